The zero-order valence-corrected chi connectivity index (χ0v) is 12.2. The summed E-state index contributed by atoms with van der Waals surface area (Å²) >= 11 is 0. The summed E-state index contributed by atoms with van der Waals surface area (Å²) in [5, 5.41) is 13.1. The van der Waals surface area contributed by atoms with E-state index in [1.54, 1.807) is 6.07 Å². The SMILES string of the molecule is Cc1ccc(-c2cc(C(=O)N3CCC[C@@H]3C(=O)O)on2)cc1. The zero-order valence-electron chi connectivity index (χ0n) is 12.2. The molecule has 2 aromatic rings. The lowest BCUT2D eigenvalue weighted by atomic mass is 10.1. The third-order valence-corrected chi connectivity index (χ3v) is 3.87. The molecule has 0 aliphatic carbocycles. The largest absolute Gasteiger partial charge is 0.480 e. The Bertz CT molecular complexity index is 705. The molecule has 1 aliphatic rings. The van der Waals surface area contributed by atoms with Crippen molar-refractivity contribution in [2.24, 2.45) is 0 Å². The highest BCUT2D eigenvalue weighted by atomic mass is 16.5. The molecule has 1 fully saturated rings. The second-order valence-electron chi connectivity index (χ2n) is 5.44. The van der Waals surface area contributed by atoms with E-state index in [9.17, 15) is 9.59 Å². The van der Waals surface area contributed by atoms with Crippen molar-refractivity contribution in [1.29, 1.82) is 0 Å². The Balaban J connectivity index is 1.82. The van der Waals surface area contributed by atoms with Crippen LogP contribution in [0.3, 0.4) is 0 Å². The van der Waals surface area contributed by atoms with Gasteiger partial charge in [-0.3, -0.25) is 4.79 Å². The number of hydrogen-bond acceptors (Lipinski definition) is 4. The number of benzene rings is 1. The summed E-state index contributed by atoms with van der Waals surface area (Å²) < 4.78 is 5.12. The Hall–Kier alpha value is -2.63. The first kappa shape index (κ1) is 14.3. The first-order chi connectivity index (χ1) is 10.6. The molecule has 22 heavy (non-hydrogen) atoms. The smallest absolute Gasteiger partial charge is 0.326 e. The number of hydrogen-bond donors (Lipinski definition) is 1. The van der Waals surface area contributed by atoms with Gasteiger partial charge < -0.3 is 14.5 Å². The second kappa shape index (κ2) is 5.63. The number of carboxylic acids is 1. The van der Waals surface area contributed by atoms with Crippen molar-refractivity contribution < 1.29 is 19.2 Å². The minimum absolute atomic E-state index is 0.0729. The number of nitrogens with zero attached hydrogens (tertiary/aromatic N) is 2. The number of aromatic nitrogens is 1. The molecule has 1 aliphatic heterocycles. The third-order valence-electron chi connectivity index (χ3n) is 3.87. The first-order valence-corrected chi connectivity index (χ1v) is 7.14. The molecule has 0 saturated carbocycles. The molecular weight excluding hydrogens is 284 g/mol. The van der Waals surface area contributed by atoms with Crippen molar-refractivity contribution in [3.8, 4) is 11.3 Å². The van der Waals surface area contributed by atoms with Gasteiger partial charge in [0.15, 0.2) is 0 Å². The summed E-state index contributed by atoms with van der Waals surface area (Å²) in [6.07, 6.45) is 1.15. The van der Waals surface area contributed by atoms with Gasteiger partial charge in [0.2, 0.25) is 5.76 Å². The molecule has 6 nitrogen and oxygen atoms in total. The molecule has 0 spiro atoms. The van der Waals surface area contributed by atoms with E-state index in [2.05, 4.69) is 5.16 Å². The van der Waals surface area contributed by atoms with Crippen molar-refractivity contribution in [1.82, 2.24) is 10.1 Å². The lowest BCUT2D eigenvalue weighted by Crippen LogP contribution is -2.40. The molecule has 114 valence electrons. The number of amides is 1. The molecule has 0 radical (unpaired) electrons. The number of carbonyl (C=O) groups excluding carboxylic acids is 1. The van der Waals surface area contributed by atoms with Gasteiger partial charge in [-0.15, -0.1) is 0 Å². The molecule has 1 aromatic heterocycles. The highest BCUT2D eigenvalue weighted by Gasteiger charge is 2.36. The van der Waals surface area contributed by atoms with Gasteiger partial charge >= 0.3 is 5.97 Å². The van der Waals surface area contributed by atoms with Crippen LogP contribution in [0.4, 0.5) is 0 Å². The molecule has 2 heterocycles. The molecule has 0 bridgehead atoms. The molecule has 1 N–H and O–H groups in total. The Morgan fingerprint density at radius 2 is 2.05 bits per heavy atom. The van der Waals surface area contributed by atoms with Gasteiger partial charge in [0.05, 0.1) is 0 Å². The molecular formula is C16H16N2O4. The highest BCUT2D eigenvalue weighted by Crippen LogP contribution is 2.24. The number of carbonyl (C=O) groups is 2. The van der Waals surface area contributed by atoms with E-state index in [4.69, 9.17) is 9.63 Å². The van der Waals surface area contributed by atoms with Gasteiger partial charge in [-0.25, -0.2) is 4.79 Å². The number of aryl methyl sites for hydroxylation is 1. The minimum atomic E-state index is -0.982. The summed E-state index contributed by atoms with van der Waals surface area (Å²) in [6.45, 7) is 2.41. The van der Waals surface area contributed by atoms with E-state index in [0.29, 0.717) is 25.1 Å². The van der Waals surface area contributed by atoms with Crippen LogP contribution < -0.4 is 0 Å². The first-order valence-electron chi connectivity index (χ1n) is 7.14. The van der Waals surface area contributed by atoms with Crippen LogP contribution in [0.2, 0.25) is 0 Å². The lowest BCUT2D eigenvalue weighted by Gasteiger charge is -2.19. The lowest BCUT2D eigenvalue weighted by molar-refractivity contribution is -0.141. The van der Waals surface area contributed by atoms with Gasteiger partial charge in [-0.1, -0.05) is 35.0 Å². The molecule has 1 atom stereocenters. The molecule has 0 unspecified atom stereocenters. The van der Waals surface area contributed by atoms with Crippen LogP contribution in [0, 0.1) is 6.92 Å². The maximum atomic E-state index is 12.4. The van der Waals surface area contributed by atoms with Gasteiger partial charge in [-0.05, 0) is 19.8 Å². The maximum absolute atomic E-state index is 12.4. The van der Waals surface area contributed by atoms with Crippen molar-refractivity contribution in [2.45, 2.75) is 25.8 Å². The van der Waals surface area contributed by atoms with Crippen molar-refractivity contribution in [2.75, 3.05) is 6.54 Å². The Morgan fingerprint density at radius 1 is 1.32 bits per heavy atom. The molecule has 1 aromatic carbocycles. The van der Waals surface area contributed by atoms with Crippen LogP contribution in [0.1, 0.15) is 29.0 Å². The van der Waals surface area contributed by atoms with Crippen LogP contribution in [0.25, 0.3) is 11.3 Å². The van der Waals surface area contributed by atoms with Crippen molar-refractivity contribution in [3.63, 3.8) is 0 Å². The summed E-state index contributed by atoms with van der Waals surface area (Å²) in [7, 11) is 0. The molecule has 6 heteroatoms. The summed E-state index contributed by atoms with van der Waals surface area (Å²) in [5.41, 5.74) is 2.55. The standard InChI is InChI=1S/C16H16N2O4/c1-10-4-6-11(7-5-10)12-9-14(22-17-12)15(19)18-8-2-3-13(18)16(20)21/h4-7,9,13H,2-3,8H2,1H3,(H,20,21)/t13-/m1/s1. The van der Waals surface area contributed by atoms with Crippen molar-refractivity contribution in [3.05, 3.63) is 41.7 Å². The predicted octanol–water partition coefficient (Wildman–Crippen LogP) is 2.34. The van der Waals surface area contributed by atoms with E-state index < -0.39 is 17.9 Å². The van der Waals surface area contributed by atoms with Crippen LogP contribution >= 0.6 is 0 Å². The fourth-order valence-electron chi connectivity index (χ4n) is 2.64. The topological polar surface area (TPSA) is 83.6 Å². The van der Waals surface area contributed by atoms with Gasteiger partial charge in [0, 0.05) is 18.2 Å². The maximum Gasteiger partial charge on any atom is 0.326 e. The van der Waals surface area contributed by atoms with Crippen LogP contribution in [0.15, 0.2) is 34.9 Å². The Labute approximate surface area is 127 Å². The average molecular weight is 300 g/mol. The quantitative estimate of drug-likeness (QED) is 0.940. The second-order valence-corrected chi connectivity index (χ2v) is 5.44. The molecule has 1 amide bonds. The summed E-state index contributed by atoms with van der Waals surface area (Å²) in [5.74, 6) is -1.33. The van der Waals surface area contributed by atoms with Crippen molar-refractivity contribution >= 4 is 11.9 Å². The molecule has 3 rings (SSSR count). The van der Waals surface area contributed by atoms with E-state index in [1.165, 1.54) is 4.90 Å². The van der Waals surface area contributed by atoms with E-state index in [0.717, 1.165) is 11.1 Å². The van der Waals surface area contributed by atoms with Crippen LogP contribution in [-0.2, 0) is 4.79 Å². The van der Waals surface area contributed by atoms with Crippen LogP contribution in [-0.4, -0.2) is 39.6 Å². The zero-order chi connectivity index (χ0) is 15.7. The highest BCUT2D eigenvalue weighted by molar-refractivity contribution is 5.95. The monoisotopic (exact) mass is 300 g/mol. The van der Waals surface area contributed by atoms with Gasteiger partial charge in [0.1, 0.15) is 11.7 Å². The van der Waals surface area contributed by atoms with Gasteiger partial charge in [0.25, 0.3) is 5.91 Å². The van der Waals surface area contributed by atoms with E-state index >= 15 is 0 Å². The summed E-state index contributed by atoms with van der Waals surface area (Å²) in [4.78, 5) is 24.9. The number of aliphatic carboxylic acids is 1. The average Bonchev–Trinajstić information content (AvgIpc) is 3.17. The Kier molecular flexibility index (Phi) is 3.66. The minimum Gasteiger partial charge on any atom is -0.480 e. The fourth-order valence-corrected chi connectivity index (χ4v) is 2.64. The summed E-state index contributed by atoms with van der Waals surface area (Å²) in [6, 6.07) is 8.48. The normalized spacial score (nSPS) is 17.7. The van der Waals surface area contributed by atoms with E-state index in [-0.39, 0.29) is 5.76 Å². The molecule has 1 saturated heterocycles. The fraction of sp³-hybridized carbons (Fsp3) is 0.312. The van der Waals surface area contributed by atoms with Crippen LogP contribution in [0.5, 0.6) is 0 Å². The van der Waals surface area contributed by atoms with Gasteiger partial charge in [-0.2, -0.15) is 0 Å². The number of carboxylic acid groups (broad SMARTS) is 1. The van der Waals surface area contributed by atoms with E-state index in [1.807, 2.05) is 31.2 Å². The third kappa shape index (κ3) is 2.59. The Morgan fingerprint density at radius 3 is 2.73 bits per heavy atom. The number of likely N-dealkylation sites (tertiary alicyclic amines) is 1. The number of rotatable bonds is 3. The predicted molar refractivity (Wildman–Crippen MR) is 78.4 cm³/mol.